The molecule has 3 aliphatic heterocycles. The van der Waals surface area contributed by atoms with E-state index in [9.17, 15) is 19.8 Å². The minimum Gasteiger partial charge on any atom is -0.449 e. The van der Waals surface area contributed by atoms with Crippen molar-refractivity contribution < 1.29 is 29.3 Å². The summed E-state index contributed by atoms with van der Waals surface area (Å²) in [5.74, 6) is 6.62. The summed E-state index contributed by atoms with van der Waals surface area (Å²) < 4.78 is 12.7. The molecule has 0 spiro atoms. The summed E-state index contributed by atoms with van der Waals surface area (Å²) in [6, 6.07) is 0. The molecule has 5 atom stereocenters. The van der Waals surface area contributed by atoms with Gasteiger partial charge in [0.15, 0.2) is 23.8 Å². The van der Waals surface area contributed by atoms with Crippen molar-refractivity contribution in [3.8, 4) is 11.8 Å². The lowest BCUT2D eigenvalue weighted by molar-refractivity contribution is -0.137. The van der Waals surface area contributed by atoms with Crippen molar-refractivity contribution in [3.63, 3.8) is 0 Å². The van der Waals surface area contributed by atoms with Crippen molar-refractivity contribution in [2.45, 2.75) is 57.1 Å². The number of likely N-dealkylation sites (tertiary alicyclic amines) is 2. The van der Waals surface area contributed by atoms with Crippen LogP contribution in [0.1, 0.15) is 44.7 Å². The highest BCUT2D eigenvalue weighted by Gasteiger charge is 2.47. The average molecular weight is 571 g/mol. The molecule has 0 aromatic carbocycles. The van der Waals surface area contributed by atoms with Crippen molar-refractivity contribution in [2.75, 3.05) is 52.1 Å². The summed E-state index contributed by atoms with van der Waals surface area (Å²) in [6.07, 6.45) is -0.688. The number of fused-ring (bicyclic) bond motifs is 1. The normalized spacial score (nSPS) is 27.1. The number of nitrogen functional groups attached to an aromatic ring is 1. The Morgan fingerprint density at radius 3 is 2.63 bits per heavy atom. The van der Waals surface area contributed by atoms with Gasteiger partial charge >= 0.3 is 6.09 Å². The molecule has 5 N–H and O–H groups in total. The number of hydrogen-bond donors (Lipinski definition) is 4. The number of anilines is 1. The number of rotatable bonds is 6. The van der Waals surface area contributed by atoms with Crippen LogP contribution in [0.2, 0.25) is 0 Å². The number of carbonyl (C=O) groups is 2. The van der Waals surface area contributed by atoms with Gasteiger partial charge in [-0.05, 0) is 51.6 Å². The standard InChI is InChI=1S/C27H38N8O6/c1-3-29-25(38)22-20(36)21(37)26(41-22)35-15-30-19-23(28)31-18(32-24(19)35)6-4-5-16-8-11-34(12-9-16)27(39)40-14-17-7-10-33(2)13-17/h15-17,20-22,26,36-37H,3,5,7-14H2,1-2H3,(H,29,38)(H2,28,31,32)/t17?,20-,21+,22-,26+/m0/s1. The van der Waals surface area contributed by atoms with Gasteiger partial charge in [0.2, 0.25) is 5.82 Å². The van der Waals surface area contributed by atoms with E-state index in [1.165, 1.54) is 10.9 Å². The molecule has 14 nitrogen and oxygen atoms in total. The van der Waals surface area contributed by atoms with E-state index in [0.717, 1.165) is 32.4 Å². The van der Waals surface area contributed by atoms with Gasteiger partial charge in [-0.25, -0.2) is 19.7 Å². The van der Waals surface area contributed by atoms with Crippen molar-refractivity contribution in [2.24, 2.45) is 11.8 Å². The third-order valence-electron chi connectivity index (χ3n) is 7.97. The summed E-state index contributed by atoms with van der Waals surface area (Å²) in [5, 5.41) is 23.6. The fraction of sp³-hybridized carbons (Fsp3) is 0.667. The van der Waals surface area contributed by atoms with Gasteiger partial charge in [-0.3, -0.25) is 9.36 Å². The summed E-state index contributed by atoms with van der Waals surface area (Å²) >= 11 is 0. The molecule has 3 aliphatic rings. The Balaban J connectivity index is 1.18. The Bertz CT molecular complexity index is 1320. The quantitative estimate of drug-likeness (QED) is 0.335. The van der Waals surface area contributed by atoms with Crippen LogP contribution in [0.15, 0.2) is 6.33 Å². The molecule has 3 saturated heterocycles. The number of nitrogens with zero attached hydrogens (tertiary/aromatic N) is 6. The largest absolute Gasteiger partial charge is 0.449 e. The van der Waals surface area contributed by atoms with Crippen molar-refractivity contribution in [3.05, 3.63) is 12.2 Å². The highest BCUT2D eigenvalue weighted by Crippen LogP contribution is 2.32. The number of nitrogens with one attached hydrogen (secondary N) is 1. The van der Waals surface area contributed by atoms with Crippen molar-refractivity contribution in [1.29, 1.82) is 0 Å². The van der Waals surface area contributed by atoms with Crippen LogP contribution in [0, 0.1) is 23.7 Å². The molecule has 41 heavy (non-hydrogen) atoms. The van der Waals surface area contributed by atoms with Crippen LogP contribution in [0.3, 0.4) is 0 Å². The molecule has 0 saturated carbocycles. The van der Waals surface area contributed by atoms with Crippen LogP contribution < -0.4 is 11.1 Å². The Morgan fingerprint density at radius 1 is 1.17 bits per heavy atom. The zero-order chi connectivity index (χ0) is 29.1. The number of likely N-dealkylation sites (N-methyl/N-ethyl adjacent to an activating group) is 1. The minimum atomic E-state index is -1.43. The van der Waals surface area contributed by atoms with E-state index in [-0.39, 0.29) is 23.4 Å². The maximum absolute atomic E-state index is 12.5. The van der Waals surface area contributed by atoms with E-state index in [4.69, 9.17) is 15.2 Å². The predicted octanol–water partition coefficient (Wildman–Crippen LogP) is -0.294. The van der Waals surface area contributed by atoms with Crippen LogP contribution in [0.5, 0.6) is 0 Å². The molecular formula is C27H38N8O6. The summed E-state index contributed by atoms with van der Waals surface area (Å²) in [6.45, 7) is 5.87. The SMILES string of the molecule is CCNC(=O)[C@H]1O[C@@H](n2cnc3c(N)nc(C#CCC4CCN(C(=O)OCC5CCN(C)C5)CC4)nc32)[C@H](O)[C@@H]1O. The van der Waals surface area contributed by atoms with E-state index >= 15 is 0 Å². The third kappa shape index (κ3) is 6.38. The molecular weight excluding hydrogens is 532 g/mol. The number of piperidine rings is 1. The van der Waals surface area contributed by atoms with Crippen molar-refractivity contribution in [1.82, 2.24) is 34.6 Å². The minimum absolute atomic E-state index is 0.113. The van der Waals surface area contributed by atoms with Crippen LogP contribution in [-0.4, -0.2) is 116 Å². The first-order valence-corrected chi connectivity index (χ1v) is 14.1. The van der Waals surface area contributed by atoms with Crippen LogP contribution in [-0.2, 0) is 14.3 Å². The summed E-state index contributed by atoms with van der Waals surface area (Å²) in [4.78, 5) is 41.7. The van der Waals surface area contributed by atoms with E-state index in [1.807, 2.05) is 0 Å². The number of nitrogens with two attached hydrogens (primary N) is 1. The molecule has 5 heterocycles. The maximum Gasteiger partial charge on any atom is 0.409 e. The summed E-state index contributed by atoms with van der Waals surface area (Å²) in [5.41, 5.74) is 6.67. The predicted molar refractivity (Wildman–Crippen MR) is 147 cm³/mol. The van der Waals surface area contributed by atoms with E-state index in [2.05, 4.69) is 44.1 Å². The van der Waals surface area contributed by atoms with E-state index in [1.54, 1.807) is 11.8 Å². The number of imidazole rings is 1. The Labute approximate surface area is 238 Å². The molecule has 5 rings (SSSR count). The number of amides is 2. The zero-order valence-electron chi connectivity index (χ0n) is 23.4. The fourth-order valence-electron chi connectivity index (χ4n) is 5.60. The molecule has 14 heteroatoms. The van der Waals surface area contributed by atoms with Gasteiger partial charge in [0.25, 0.3) is 5.91 Å². The zero-order valence-corrected chi connectivity index (χ0v) is 23.4. The van der Waals surface area contributed by atoms with Gasteiger partial charge in [-0.1, -0.05) is 5.92 Å². The maximum atomic E-state index is 12.5. The highest BCUT2D eigenvalue weighted by molar-refractivity contribution is 5.83. The number of carbonyl (C=O) groups excluding carboxylic acids is 2. The average Bonchev–Trinajstić information content (AvgIpc) is 3.65. The van der Waals surface area contributed by atoms with Crippen LogP contribution in [0.25, 0.3) is 11.2 Å². The first-order chi connectivity index (χ1) is 19.7. The molecule has 222 valence electrons. The van der Waals surface area contributed by atoms with Gasteiger partial charge in [0.1, 0.15) is 17.7 Å². The Hall–Kier alpha value is -3.51. The summed E-state index contributed by atoms with van der Waals surface area (Å²) in [7, 11) is 2.08. The van der Waals surface area contributed by atoms with Gasteiger partial charge in [-0.2, -0.15) is 0 Å². The molecule has 0 radical (unpaired) electrons. The highest BCUT2D eigenvalue weighted by atomic mass is 16.6. The smallest absolute Gasteiger partial charge is 0.409 e. The molecule has 1 unspecified atom stereocenters. The van der Waals surface area contributed by atoms with Gasteiger partial charge in [-0.15, -0.1) is 0 Å². The topological polar surface area (TPSA) is 181 Å². The van der Waals surface area contributed by atoms with Gasteiger partial charge in [0.05, 0.1) is 12.9 Å². The van der Waals surface area contributed by atoms with Gasteiger partial charge < -0.3 is 40.5 Å². The first kappa shape index (κ1) is 29.0. The lowest BCUT2D eigenvalue weighted by Crippen LogP contribution is -2.42. The van der Waals surface area contributed by atoms with E-state index < -0.39 is 30.4 Å². The lowest BCUT2D eigenvalue weighted by atomic mass is 9.94. The third-order valence-corrected chi connectivity index (χ3v) is 7.97. The number of ether oxygens (including phenoxy) is 2. The fourth-order valence-corrected chi connectivity index (χ4v) is 5.60. The second-order valence-corrected chi connectivity index (χ2v) is 11.0. The molecule has 2 aromatic heterocycles. The molecule has 0 bridgehead atoms. The second-order valence-electron chi connectivity index (χ2n) is 11.0. The number of aromatic nitrogens is 4. The molecule has 0 aliphatic carbocycles. The second kappa shape index (κ2) is 12.6. The van der Waals surface area contributed by atoms with E-state index in [0.29, 0.717) is 50.0 Å². The van der Waals surface area contributed by atoms with Crippen LogP contribution in [0.4, 0.5) is 10.6 Å². The monoisotopic (exact) mass is 570 g/mol. The number of hydrogen-bond acceptors (Lipinski definition) is 11. The molecule has 2 aromatic rings. The van der Waals surface area contributed by atoms with Crippen LogP contribution >= 0.6 is 0 Å². The first-order valence-electron chi connectivity index (χ1n) is 14.1. The van der Waals surface area contributed by atoms with Crippen molar-refractivity contribution >= 4 is 29.0 Å². The number of aliphatic hydroxyl groups is 2. The van der Waals surface area contributed by atoms with Gasteiger partial charge in [0, 0.05) is 38.5 Å². The molecule has 2 amide bonds. The Kier molecular flexibility index (Phi) is 8.88. The lowest BCUT2D eigenvalue weighted by Gasteiger charge is -2.30. The molecule has 3 fully saturated rings. The number of aliphatic hydroxyl groups excluding tert-OH is 2. The Morgan fingerprint density at radius 2 is 1.93 bits per heavy atom.